The highest BCUT2D eigenvalue weighted by atomic mass is 16.7. The molecule has 1 aliphatic carbocycles. The average molecular weight is 332 g/mol. The monoisotopic (exact) mass is 332 g/mol. The van der Waals surface area contributed by atoms with Gasteiger partial charge in [0.05, 0.1) is 11.4 Å². The lowest BCUT2D eigenvalue weighted by Crippen LogP contribution is -2.26. The van der Waals surface area contributed by atoms with Crippen molar-refractivity contribution >= 4 is 0 Å². The van der Waals surface area contributed by atoms with E-state index in [0.717, 1.165) is 46.7 Å². The van der Waals surface area contributed by atoms with Crippen LogP contribution in [0, 0.1) is 0 Å². The van der Waals surface area contributed by atoms with Crippen LogP contribution in [0.3, 0.4) is 0 Å². The van der Waals surface area contributed by atoms with Crippen molar-refractivity contribution in [1.29, 1.82) is 0 Å². The van der Waals surface area contributed by atoms with E-state index >= 15 is 0 Å². The molecule has 0 unspecified atom stereocenters. The Hall–Kier alpha value is -3.08. The lowest BCUT2D eigenvalue weighted by Gasteiger charge is -2.24. The molecule has 0 saturated heterocycles. The van der Waals surface area contributed by atoms with Crippen LogP contribution in [-0.2, 0) is 19.9 Å². The molecule has 0 bridgehead atoms. The summed E-state index contributed by atoms with van der Waals surface area (Å²) in [6.07, 6.45) is 1.80. The first-order chi connectivity index (χ1) is 12.2. The van der Waals surface area contributed by atoms with E-state index in [2.05, 4.69) is 17.1 Å². The van der Waals surface area contributed by atoms with Gasteiger partial charge in [0.2, 0.25) is 6.79 Å². The Morgan fingerprint density at radius 2 is 1.88 bits per heavy atom. The van der Waals surface area contributed by atoms with Crippen LogP contribution >= 0.6 is 0 Å². The Bertz CT molecular complexity index is 1070. The van der Waals surface area contributed by atoms with Gasteiger partial charge in [0.1, 0.15) is 0 Å². The number of benzene rings is 2. The minimum atomic E-state index is -0.247. The average Bonchev–Trinajstić information content (AvgIpc) is 3.11. The molecule has 5 rings (SSSR count). The van der Waals surface area contributed by atoms with Crippen LogP contribution < -0.4 is 15.2 Å². The molecular weight excluding hydrogens is 316 g/mol. The van der Waals surface area contributed by atoms with E-state index in [4.69, 9.17) is 9.47 Å². The van der Waals surface area contributed by atoms with E-state index in [1.165, 1.54) is 5.56 Å². The van der Waals surface area contributed by atoms with Gasteiger partial charge < -0.3 is 9.47 Å². The van der Waals surface area contributed by atoms with Crippen LogP contribution in [-0.4, -0.2) is 16.3 Å². The Morgan fingerprint density at radius 3 is 2.80 bits per heavy atom. The van der Waals surface area contributed by atoms with Crippen LogP contribution in [0.4, 0.5) is 0 Å². The summed E-state index contributed by atoms with van der Waals surface area (Å²) in [6.45, 7) is 0.230. The summed E-state index contributed by atoms with van der Waals surface area (Å²) in [6, 6.07) is 14.0. The van der Waals surface area contributed by atoms with E-state index in [0.29, 0.717) is 5.75 Å². The number of hydrogen-bond donors (Lipinski definition) is 0. The minimum Gasteiger partial charge on any atom is -0.454 e. The molecule has 1 aliphatic heterocycles. The first-order valence-electron chi connectivity index (χ1n) is 8.30. The van der Waals surface area contributed by atoms with Crippen molar-refractivity contribution in [3.8, 4) is 34.0 Å². The van der Waals surface area contributed by atoms with E-state index in [1.54, 1.807) is 11.6 Å². The molecular formula is C20H16N2O3. The molecule has 0 N–H and O–H groups in total. The lowest BCUT2D eigenvalue weighted by molar-refractivity contribution is 0.174. The number of nitrogens with zero attached hydrogens (tertiary/aromatic N) is 2. The van der Waals surface area contributed by atoms with E-state index in [-0.39, 0.29) is 12.5 Å². The van der Waals surface area contributed by atoms with Gasteiger partial charge in [-0.05, 0) is 36.6 Å². The van der Waals surface area contributed by atoms with Crippen molar-refractivity contribution in [2.45, 2.75) is 12.8 Å². The van der Waals surface area contributed by atoms with Crippen LogP contribution in [0.1, 0.15) is 11.1 Å². The second kappa shape index (κ2) is 5.21. The van der Waals surface area contributed by atoms with Gasteiger partial charge in [-0.1, -0.05) is 24.3 Å². The van der Waals surface area contributed by atoms with Gasteiger partial charge in [0.15, 0.2) is 11.5 Å². The maximum Gasteiger partial charge on any atom is 0.348 e. The number of hydrogen-bond acceptors (Lipinski definition) is 4. The van der Waals surface area contributed by atoms with Crippen molar-refractivity contribution in [3.63, 3.8) is 0 Å². The third-order valence-electron chi connectivity index (χ3n) is 4.96. The molecule has 0 spiro atoms. The second-order valence-electron chi connectivity index (χ2n) is 6.35. The van der Waals surface area contributed by atoms with Gasteiger partial charge in [-0.2, -0.15) is 4.98 Å². The quantitative estimate of drug-likeness (QED) is 0.687. The molecule has 1 aromatic heterocycles. The van der Waals surface area contributed by atoms with Crippen LogP contribution in [0.2, 0.25) is 0 Å². The fraction of sp³-hybridized carbons (Fsp3) is 0.200. The lowest BCUT2D eigenvalue weighted by atomic mass is 9.86. The standard InChI is InChI=1S/C20H16N2O3/c1-22-19-14-5-3-2-4-12(14)6-8-15(19)18(21-20(22)23)13-7-9-16-17(10-13)25-11-24-16/h2-5,7,9-10H,6,8,11H2,1H3. The van der Waals surface area contributed by atoms with Gasteiger partial charge in [-0.25, -0.2) is 4.79 Å². The highest BCUT2D eigenvalue weighted by molar-refractivity contribution is 5.78. The Kier molecular flexibility index (Phi) is 2.98. The number of ether oxygens (including phenoxy) is 2. The number of aryl methyl sites for hydroxylation is 1. The molecule has 5 nitrogen and oxygen atoms in total. The van der Waals surface area contributed by atoms with Gasteiger partial charge in [-0.15, -0.1) is 0 Å². The number of rotatable bonds is 1. The normalized spacial score (nSPS) is 14.1. The Labute approximate surface area is 144 Å². The Balaban J connectivity index is 1.78. The molecule has 0 saturated carbocycles. The van der Waals surface area contributed by atoms with Crippen molar-refractivity contribution in [3.05, 3.63) is 64.1 Å². The smallest absolute Gasteiger partial charge is 0.348 e. The molecule has 2 aliphatic rings. The fourth-order valence-electron chi connectivity index (χ4n) is 3.74. The molecule has 124 valence electrons. The van der Waals surface area contributed by atoms with Crippen molar-refractivity contribution in [2.24, 2.45) is 7.05 Å². The molecule has 0 radical (unpaired) electrons. The van der Waals surface area contributed by atoms with Crippen LogP contribution in [0.15, 0.2) is 47.3 Å². The summed E-state index contributed by atoms with van der Waals surface area (Å²) in [7, 11) is 1.79. The summed E-state index contributed by atoms with van der Waals surface area (Å²) in [5.74, 6) is 1.43. The van der Waals surface area contributed by atoms with Gasteiger partial charge in [-0.3, -0.25) is 4.57 Å². The van der Waals surface area contributed by atoms with Gasteiger partial charge >= 0.3 is 5.69 Å². The summed E-state index contributed by atoms with van der Waals surface area (Å²) < 4.78 is 12.5. The van der Waals surface area contributed by atoms with E-state index in [9.17, 15) is 4.79 Å². The molecule has 25 heavy (non-hydrogen) atoms. The number of fused-ring (bicyclic) bond motifs is 4. The first kappa shape index (κ1) is 14.3. The zero-order valence-electron chi connectivity index (χ0n) is 13.8. The maximum atomic E-state index is 12.5. The zero-order chi connectivity index (χ0) is 17.0. The van der Waals surface area contributed by atoms with E-state index in [1.807, 2.05) is 30.3 Å². The topological polar surface area (TPSA) is 53.4 Å². The molecule has 2 aromatic carbocycles. The van der Waals surface area contributed by atoms with Crippen molar-refractivity contribution in [1.82, 2.24) is 9.55 Å². The predicted octanol–water partition coefficient (Wildman–Crippen LogP) is 2.94. The van der Waals surface area contributed by atoms with Gasteiger partial charge in [0.25, 0.3) is 0 Å². The van der Waals surface area contributed by atoms with E-state index < -0.39 is 0 Å². The van der Waals surface area contributed by atoms with Crippen molar-refractivity contribution in [2.75, 3.05) is 6.79 Å². The molecule has 0 amide bonds. The summed E-state index contributed by atoms with van der Waals surface area (Å²) in [5, 5.41) is 0. The van der Waals surface area contributed by atoms with Crippen molar-refractivity contribution < 1.29 is 9.47 Å². The number of aromatic nitrogens is 2. The highest BCUT2D eigenvalue weighted by Crippen LogP contribution is 2.40. The predicted molar refractivity (Wildman–Crippen MR) is 93.9 cm³/mol. The molecule has 0 fully saturated rings. The summed E-state index contributed by atoms with van der Waals surface area (Å²) in [4.78, 5) is 16.9. The SMILES string of the molecule is Cn1c2c(c(-c3ccc4c(c3)OCO4)nc1=O)CCc1ccccc1-2. The third kappa shape index (κ3) is 2.09. The van der Waals surface area contributed by atoms with Crippen LogP contribution in [0.25, 0.3) is 22.5 Å². The molecule has 2 heterocycles. The first-order valence-corrected chi connectivity index (χ1v) is 8.30. The molecule has 0 atom stereocenters. The summed E-state index contributed by atoms with van der Waals surface area (Å²) >= 11 is 0. The molecule has 5 heteroatoms. The van der Waals surface area contributed by atoms with Gasteiger partial charge in [0, 0.05) is 23.7 Å². The van der Waals surface area contributed by atoms with Crippen LogP contribution in [0.5, 0.6) is 11.5 Å². The fourth-order valence-corrected chi connectivity index (χ4v) is 3.74. The maximum absolute atomic E-state index is 12.5. The Morgan fingerprint density at radius 1 is 1.04 bits per heavy atom. The third-order valence-corrected chi connectivity index (χ3v) is 4.96. The minimum absolute atomic E-state index is 0.230. The zero-order valence-corrected chi connectivity index (χ0v) is 13.8. The molecule has 3 aromatic rings. The second-order valence-corrected chi connectivity index (χ2v) is 6.35. The highest BCUT2D eigenvalue weighted by Gasteiger charge is 2.24. The largest absolute Gasteiger partial charge is 0.454 e. The summed E-state index contributed by atoms with van der Waals surface area (Å²) in [5.41, 5.74) is 5.85.